The van der Waals surface area contributed by atoms with E-state index in [1.54, 1.807) is 0 Å². The van der Waals surface area contributed by atoms with E-state index >= 15 is 0 Å². The Labute approximate surface area is 140 Å². The number of nitrogens with zero attached hydrogens (tertiary/aromatic N) is 3. The van der Waals surface area contributed by atoms with Crippen molar-refractivity contribution < 1.29 is 4.79 Å². The van der Waals surface area contributed by atoms with Crippen molar-refractivity contribution in [3.8, 4) is 0 Å². The Bertz CT molecular complexity index is 720. The predicted octanol–water partition coefficient (Wildman–Crippen LogP) is 2.29. The lowest BCUT2D eigenvalue weighted by molar-refractivity contribution is -0.123. The van der Waals surface area contributed by atoms with Gasteiger partial charge in [0.15, 0.2) is 0 Å². The summed E-state index contributed by atoms with van der Waals surface area (Å²) in [7, 11) is 0. The smallest absolute Gasteiger partial charge is 0.222 e. The molecule has 1 aromatic carbocycles. The Hall–Kier alpha value is -1.59. The van der Waals surface area contributed by atoms with Crippen LogP contribution in [0.3, 0.4) is 0 Å². The van der Waals surface area contributed by atoms with Crippen molar-refractivity contribution in [1.82, 2.24) is 20.0 Å². The molecular weight excluding hydrogens is 312 g/mol. The van der Waals surface area contributed by atoms with Gasteiger partial charge in [-0.2, -0.15) is 5.10 Å². The van der Waals surface area contributed by atoms with Gasteiger partial charge in [-0.1, -0.05) is 11.6 Å². The number of halogens is 1. The first-order chi connectivity index (χ1) is 11.2. The molecule has 1 atom stereocenters. The molecule has 2 aromatic rings. The maximum Gasteiger partial charge on any atom is 0.222 e. The number of hydrogen-bond donors (Lipinski definition) is 1. The summed E-state index contributed by atoms with van der Waals surface area (Å²) in [4.78, 5) is 14.7. The Balaban J connectivity index is 1.36. The van der Waals surface area contributed by atoms with Crippen LogP contribution in [0, 0.1) is 5.92 Å². The SMILES string of the molecule is O=C(CCn1ncc2ccc(Cl)cc21)NC1CN2CCC1CC2. The Morgan fingerprint density at radius 1 is 1.35 bits per heavy atom. The third-order valence-corrected chi connectivity index (χ3v) is 5.40. The van der Waals surface area contributed by atoms with Gasteiger partial charge in [0.05, 0.1) is 18.3 Å². The van der Waals surface area contributed by atoms with E-state index < -0.39 is 0 Å². The van der Waals surface area contributed by atoms with Crippen molar-refractivity contribution in [3.05, 3.63) is 29.4 Å². The number of piperidine rings is 3. The number of benzene rings is 1. The van der Waals surface area contributed by atoms with Crippen molar-refractivity contribution in [2.75, 3.05) is 19.6 Å². The van der Waals surface area contributed by atoms with E-state index in [1.807, 2.05) is 29.1 Å². The topological polar surface area (TPSA) is 50.2 Å². The molecule has 1 amide bonds. The standard InChI is InChI=1S/C17H21ClN4O/c18-14-2-1-13-10-19-22(16(13)9-14)8-5-17(23)20-15-11-21-6-3-12(15)4-7-21/h1-2,9-10,12,15H,3-8,11H2,(H,20,23). The summed E-state index contributed by atoms with van der Waals surface area (Å²) in [5, 5.41) is 9.33. The Morgan fingerprint density at radius 2 is 2.17 bits per heavy atom. The third kappa shape index (κ3) is 3.08. The summed E-state index contributed by atoms with van der Waals surface area (Å²) in [6.07, 6.45) is 4.70. The molecule has 23 heavy (non-hydrogen) atoms. The fourth-order valence-electron chi connectivity index (χ4n) is 3.84. The molecule has 0 aliphatic carbocycles. The quantitative estimate of drug-likeness (QED) is 0.934. The number of carbonyl (C=O) groups excluding carboxylic acids is 1. The van der Waals surface area contributed by atoms with Crippen LogP contribution >= 0.6 is 11.6 Å². The van der Waals surface area contributed by atoms with Gasteiger partial charge in [-0.05, 0) is 50.0 Å². The number of fused-ring (bicyclic) bond motifs is 4. The highest BCUT2D eigenvalue weighted by atomic mass is 35.5. The summed E-state index contributed by atoms with van der Waals surface area (Å²) in [6.45, 7) is 3.97. The maximum absolute atomic E-state index is 12.3. The molecule has 3 fully saturated rings. The third-order valence-electron chi connectivity index (χ3n) is 5.16. The zero-order chi connectivity index (χ0) is 15.8. The molecular formula is C17H21ClN4O. The van der Waals surface area contributed by atoms with Crippen molar-refractivity contribution in [2.24, 2.45) is 5.92 Å². The van der Waals surface area contributed by atoms with Gasteiger partial charge in [-0.15, -0.1) is 0 Å². The van der Waals surface area contributed by atoms with Crippen LogP contribution in [0.2, 0.25) is 5.02 Å². The number of rotatable bonds is 4. The molecule has 3 aliphatic rings. The van der Waals surface area contributed by atoms with Gasteiger partial charge in [0.25, 0.3) is 0 Å². The van der Waals surface area contributed by atoms with Crippen molar-refractivity contribution >= 4 is 28.4 Å². The predicted molar refractivity (Wildman–Crippen MR) is 90.5 cm³/mol. The van der Waals surface area contributed by atoms with Crippen LogP contribution in [0.25, 0.3) is 10.9 Å². The second kappa shape index (κ2) is 6.13. The highest BCUT2D eigenvalue weighted by Crippen LogP contribution is 2.27. The molecule has 5 rings (SSSR count). The highest BCUT2D eigenvalue weighted by molar-refractivity contribution is 6.31. The molecule has 6 heteroatoms. The summed E-state index contributed by atoms with van der Waals surface area (Å²) < 4.78 is 1.86. The summed E-state index contributed by atoms with van der Waals surface area (Å²) in [6, 6.07) is 6.04. The van der Waals surface area contributed by atoms with E-state index in [1.165, 1.54) is 25.9 Å². The summed E-state index contributed by atoms with van der Waals surface area (Å²) in [5.74, 6) is 0.780. The molecule has 122 valence electrons. The van der Waals surface area contributed by atoms with Gasteiger partial charge in [-0.3, -0.25) is 9.48 Å². The fourth-order valence-corrected chi connectivity index (χ4v) is 4.00. The average molecular weight is 333 g/mol. The van der Waals surface area contributed by atoms with E-state index in [0.717, 1.165) is 17.4 Å². The maximum atomic E-state index is 12.3. The summed E-state index contributed by atoms with van der Waals surface area (Å²) >= 11 is 6.05. The normalized spacial score (nSPS) is 26.6. The molecule has 0 radical (unpaired) electrons. The van der Waals surface area contributed by atoms with E-state index in [9.17, 15) is 4.79 Å². The van der Waals surface area contributed by atoms with Gasteiger partial charge in [0, 0.05) is 29.4 Å². The molecule has 4 heterocycles. The van der Waals surface area contributed by atoms with Gasteiger partial charge >= 0.3 is 0 Å². The highest BCUT2D eigenvalue weighted by Gasteiger charge is 2.34. The minimum absolute atomic E-state index is 0.120. The van der Waals surface area contributed by atoms with E-state index in [0.29, 0.717) is 29.9 Å². The molecule has 3 saturated heterocycles. The molecule has 0 saturated carbocycles. The van der Waals surface area contributed by atoms with Crippen molar-refractivity contribution in [2.45, 2.75) is 31.8 Å². The van der Waals surface area contributed by atoms with Gasteiger partial charge in [0.1, 0.15) is 0 Å². The fraction of sp³-hybridized carbons (Fsp3) is 0.529. The van der Waals surface area contributed by atoms with E-state index in [4.69, 9.17) is 11.6 Å². The van der Waals surface area contributed by atoms with Crippen molar-refractivity contribution in [3.63, 3.8) is 0 Å². The van der Waals surface area contributed by atoms with Crippen LogP contribution in [0.15, 0.2) is 24.4 Å². The first-order valence-electron chi connectivity index (χ1n) is 8.32. The molecule has 1 N–H and O–H groups in total. The van der Waals surface area contributed by atoms with Crippen LogP contribution in [0.1, 0.15) is 19.3 Å². The number of aryl methyl sites for hydroxylation is 1. The molecule has 5 nitrogen and oxygen atoms in total. The zero-order valence-corrected chi connectivity index (χ0v) is 13.8. The van der Waals surface area contributed by atoms with Crippen molar-refractivity contribution in [1.29, 1.82) is 0 Å². The molecule has 2 bridgehead atoms. The number of nitrogens with one attached hydrogen (secondary N) is 1. The number of aromatic nitrogens is 2. The molecule has 3 aliphatic heterocycles. The molecule has 0 spiro atoms. The average Bonchev–Trinajstić information content (AvgIpc) is 2.96. The first-order valence-corrected chi connectivity index (χ1v) is 8.69. The second-order valence-electron chi connectivity index (χ2n) is 6.63. The Kier molecular flexibility index (Phi) is 3.99. The van der Waals surface area contributed by atoms with Crippen LogP contribution in [0.5, 0.6) is 0 Å². The zero-order valence-electron chi connectivity index (χ0n) is 13.0. The van der Waals surface area contributed by atoms with Crippen LogP contribution in [-0.2, 0) is 11.3 Å². The summed E-state index contributed by atoms with van der Waals surface area (Å²) in [5.41, 5.74) is 0.980. The minimum Gasteiger partial charge on any atom is -0.352 e. The Morgan fingerprint density at radius 3 is 2.91 bits per heavy atom. The number of hydrogen-bond acceptors (Lipinski definition) is 3. The van der Waals surface area contributed by atoms with Crippen LogP contribution < -0.4 is 5.32 Å². The van der Waals surface area contributed by atoms with Gasteiger partial charge in [-0.25, -0.2) is 0 Å². The minimum atomic E-state index is 0.120. The largest absolute Gasteiger partial charge is 0.352 e. The first kappa shape index (κ1) is 15.0. The molecule has 1 aromatic heterocycles. The van der Waals surface area contributed by atoms with Gasteiger partial charge in [0.2, 0.25) is 5.91 Å². The number of carbonyl (C=O) groups is 1. The number of amides is 1. The lowest BCUT2D eigenvalue weighted by Gasteiger charge is -2.44. The lowest BCUT2D eigenvalue weighted by Crippen LogP contribution is -2.57. The van der Waals surface area contributed by atoms with E-state index in [-0.39, 0.29) is 5.91 Å². The second-order valence-corrected chi connectivity index (χ2v) is 7.07. The van der Waals surface area contributed by atoms with E-state index in [2.05, 4.69) is 15.3 Å². The lowest BCUT2D eigenvalue weighted by atomic mass is 9.84. The van der Waals surface area contributed by atoms with Crippen LogP contribution in [-0.4, -0.2) is 46.3 Å². The monoisotopic (exact) mass is 332 g/mol. The van der Waals surface area contributed by atoms with Crippen LogP contribution in [0.4, 0.5) is 0 Å². The molecule has 1 unspecified atom stereocenters. The van der Waals surface area contributed by atoms with Gasteiger partial charge < -0.3 is 10.2 Å².